The summed E-state index contributed by atoms with van der Waals surface area (Å²) in [4.78, 5) is 4.87. The molecule has 1 atom stereocenters. The Morgan fingerprint density at radius 3 is 2.74 bits per heavy atom. The van der Waals surface area contributed by atoms with Crippen LogP contribution in [0.1, 0.15) is 18.4 Å². The molecule has 1 unspecified atom stereocenters. The van der Waals surface area contributed by atoms with Crippen LogP contribution in [0.4, 0.5) is 4.39 Å². The lowest BCUT2D eigenvalue weighted by molar-refractivity contribution is 0.0353. The molecule has 0 N–H and O–H groups in total. The van der Waals surface area contributed by atoms with E-state index in [4.69, 9.17) is 16.3 Å². The summed E-state index contributed by atoms with van der Waals surface area (Å²) < 4.78 is 19.0. The van der Waals surface area contributed by atoms with Gasteiger partial charge in [-0.05, 0) is 56.1 Å². The van der Waals surface area contributed by atoms with Gasteiger partial charge in [0.1, 0.15) is 5.82 Å². The lowest BCUT2D eigenvalue weighted by Gasteiger charge is -2.42. The first kappa shape index (κ1) is 17.2. The van der Waals surface area contributed by atoms with E-state index in [1.807, 2.05) is 6.07 Å². The van der Waals surface area contributed by atoms with E-state index < -0.39 is 0 Å². The highest BCUT2D eigenvalue weighted by molar-refractivity contribution is 6.30. The summed E-state index contributed by atoms with van der Waals surface area (Å²) in [7, 11) is 4.01. The fraction of sp³-hybridized carbons (Fsp3) is 0.667. The van der Waals surface area contributed by atoms with Crippen LogP contribution in [0.5, 0.6) is 0 Å². The van der Waals surface area contributed by atoms with Gasteiger partial charge in [0.25, 0.3) is 0 Å². The maximum Gasteiger partial charge on any atom is 0.142 e. The van der Waals surface area contributed by atoms with E-state index in [1.165, 1.54) is 19.4 Å². The Labute approximate surface area is 143 Å². The first-order valence-corrected chi connectivity index (χ1v) is 8.74. The van der Waals surface area contributed by atoms with Gasteiger partial charge < -0.3 is 9.64 Å². The maximum atomic E-state index is 13.6. The van der Waals surface area contributed by atoms with Gasteiger partial charge in [-0.3, -0.25) is 4.90 Å². The zero-order valence-electron chi connectivity index (χ0n) is 14.0. The zero-order chi connectivity index (χ0) is 16.4. The molecular weight excluding hydrogens is 315 g/mol. The Morgan fingerprint density at radius 2 is 2.09 bits per heavy atom. The van der Waals surface area contributed by atoms with Gasteiger partial charge in [0, 0.05) is 32.7 Å². The van der Waals surface area contributed by atoms with Gasteiger partial charge in [-0.1, -0.05) is 17.7 Å². The van der Waals surface area contributed by atoms with Crippen molar-refractivity contribution in [2.45, 2.75) is 19.4 Å². The molecule has 0 bridgehead atoms. The summed E-state index contributed by atoms with van der Waals surface area (Å²) in [6.45, 7) is 6.10. The van der Waals surface area contributed by atoms with Crippen LogP contribution in [0, 0.1) is 17.2 Å². The van der Waals surface area contributed by atoms with Crippen molar-refractivity contribution in [2.75, 3.05) is 46.9 Å². The molecule has 3 nitrogen and oxygen atoms in total. The molecule has 2 aliphatic rings. The van der Waals surface area contributed by atoms with Crippen LogP contribution in [0.15, 0.2) is 18.2 Å². The molecule has 0 amide bonds. The maximum absolute atomic E-state index is 13.6. The van der Waals surface area contributed by atoms with E-state index in [-0.39, 0.29) is 10.8 Å². The molecule has 23 heavy (non-hydrogen) atoms. The van der Waals surface area contributed by atoms with Crippen LogP contribution in [0.3, 0.4) is 0 Å². The molecular formula is C18H26ClFN2O. The minimum Gasteiger partial charge on any atom is -0.384 e. The quantitative estimate of drug-likeness (QED) is 0.836. The molecule has 2 fully saturated rings. The first-order valence-electron chi connectivity index (χ1n) is 8.36. The van der Waals surface area contributed by atoms with Crippen molar-refractivity contribution in [3.05, 3.63) is 34.6 Å². The van der Waals surface area contributed by atoms with E-state index in [0.29, 0.717) is 11.3 Å². The average Bonchev–Trinajstić information content (AvgIpc) is 2.82. The second-order valence-electron chi connectivity index (χ2n) is 7.24. The van der Waals surface area contributed by atoms with E-state index in [1.54, 1.807) is 19.2 Å². The number of methoxy groups -OCH3 is 1. The topological polar surface area (TPSA) is 15.7 Å². The molecule has 128 valence electrons. The molecule has 1 spiro atoms. The van der Waals surface area contributed by atoms with Crippen molar-refractivity contribution in [3.8, 4) is 0 Å². The molecule has 0 aliphatic carbocycles. The normalized spacial score (nSPS) is 25.3. The molecule has 0 aromatic heterocycles. The Bertz CT molecular complexity index is 546. The van der Waals surface area contributed by atoms with Crippen molar-refractivity contribution >= 4 is 11.6 Å². The lowest BCUT2D eigenvalue weighted by Crippen LogP contribution is -2.44. The second-order valence-corrected chi connectivity index (χ2v) is 7.64. The van der Waals surface area contributed by atoms with E-state index >= 15 is 0 Å². The third-order valence-corrected chi connectivity index (χ3v) is 5.90. The summed E-state index contributed by atoms with van der Waals surface area (Å²) in [5.41, 5.74) is 1.40. The number of hydrogen-bond donors (Lipinski definition) is 0. The summed E-state index contributed by atoms with van der Waals surface area (Å²) in [6, 6.07) is 5.13. The molecule has 0 radical (unpaired) electrons. The van der Waals surface area contributed by atoms with Gasteiger partial charge in [0.15, 0.2) is 0 Å². The third-order valence-electron chi connectivity index (χ3n) is 5.59. The Morgan fingerprint density at radius 1 is 1.35 bits per heavy atom. The number of rotatable bonds is 4. The minimum atomic E-state index is -0.324. The zero-order valence-corrected chi connectivity index (χ0v) is 14.8. The fourth-order valence-corrected chi connectivity index (χ4v) is 4.47. The van der Waals surface area contributed by atoms with Crippen LogP contribution >= 0.6 is 11.6 Å². The van der Waals surface area contributed by atoms with Gasteiger partial charge in [0.05, 0.1) is 11.6 Å². The van der Waals surface area contributed by atoms with Gasteiger partial charge >= 0.3 is 0 Å². The van der Waals surface area contributed by atoms with Crippen molar-refractivity contribution in [1.82, 2.24) is 9.80 Å². The molecule has 2 saturated heterocycles. The largest absolute Gasteiger partial charge is 0.384 e. The molecule has 3 rings (SSSR count). The SMILES string of the molecule is COCC1CN(C)CC12CCN(Cc1ccc(Cl)c(F)c1)CC2. The Balaban J connectivity index is 1.60. The molecule has 0 saturated carbocycles. The van der Waals surface area contributed by atoms with Crippen molar-refractivity contribution < 1.29 is 9.13 Å². The van der Waals surface area contributed by atoms with E-state index in [2.05, 4.69) is 16.8 Å². The highest BCUT2D eigenvalue weighted by atomic mass is 35.5. The van der Waals surface area contributed by atoms with E-state index in [9.17, 15) is 4.39 Å². The van der Waals surface area contributed by atoms with Crippen LogP contribution in [-0.2, 0) is 11.3 Å². The average molecular weight is 341 g/mol. The minimum absolute atomic E-state index is 0.197. The van der Waals surface area contributed by atoms with Crippen LogP contribution in [0.25, 0.3) is 0 Å². The predicted octanol–water partition coefficient (Wildman–Crippen LogP) is 3.27. The van der Waals surface area contributed by atoms with Crippen molar-refractivity contribution in [1.29, 1.82) is 0 Å². The van der Waals surface area contributed by atoms with Crippen molar-refractivity contribution in [3.63, 3.8) is 0 Å². The molecule has 1 aromatic carbocycles. The fourth-order valence-electron chi connectivity index (χ4n) is 4.35. The molecule has 2 heterocycles. The smallest absolute Gasteiger partial charge is 0.142 e. The number of halogens is 2. The molecule has 2 aliphatic heterocycles. The highest BCUT2D eigenvalue weighted by Crippen LogP contribution is 2.44. The number of nitrogens with zero attached hydrogens (tertiary/aromatic N) is 2. The number of likely N-dealkylation sites (tertiary alicyclic amines) is 2. The van der Waals surface area contributed by atoms with Crippen LogP contribution in [-0.4, -0.2) is 56.7 Å². The number of ether oxygens (including phenoxy) is 1. The predicted molar refractivity (Wildman–Crippen MR) is 91.2 cm³/mol. The Hall–Kier alpha value is -0.680. The number of piperidine rings is 1. The summed E-state index contributed by atoms with van der Waals surface area (Å²) in [5.74, 6) is 0.308. The summed E-state index contributed by atoms with van der Waals surface area (Å²) >= 11 is 5.76. The van der Waals surface area contributed by atoms with Gasteiger partial charge in [-0.15, -0.1) is 0 Å². The first-order chi connectivity index (χ1) is 11.0. The van der Waals surface area contributed by atoms with Crippen LogP contribution < -0.4 is 0 Å². The van der Waals surface area contributed by atoms with Crippen LogP contribution in [0.2, 0.25) is 5.02 Å². The number of hydrogen-bond acceptors (Lipinski definition) is 3. The second kappa shape index (κ2) is 7.06. The van der Waals surface area contributed by atoms with Gasteiger partial charge in [-0.2, -0.15) is 0 Å². The standard InChI is InChI=1S/C18H26ClFN2O/c1-21-11-15(12-23-2)18(13-21)5-7-22(8-6-18)10-14-3-4-16(19)17(20)9-14/h3-4,9,15H,5-8,10-13H2,1-2H3. The van der Waals surface area contributed by atoms with Crippen molar-refractivity contribution in [2.24, 2.45) is 11.3 Å². The van der Waals surface area contributed by atoms with E-state index in [0.717, 1.165) is 38.3 Å². The molecule has 5 heteroatoms. The third kappa shape index (κ3) is 3.71. The molecule has 1 aromatic rings. The Kier molecular flexibility index (Phi) is 5.26. The summed E-state index contributed by atoms with van der Waals surface area (Å²) in [6.07, 6.45) is 2.39. The van der Waals surface area contributed by atoms with Gasteiger partial charge in [0.2, 0.25) is 0 Å². The number of benzene rings is 1. The highest BCUT2D eigenvalue weighted by Gasteiger charge is 2.46. The summed E-state index contributed by atoms with van der Waals surface area (Å²) in [5, 5.41) is 0.197. The monoisotopic (exact) mass is 340 g/mol. The lowest BCUT2D eigenvalue weighted by atomic mass is 9.71. The van der Waals surface area contributed by atoms with Gasteiger partial charge in [-0.25, -0.2) is 4.39 Å².